The molecule has 0 atom stereocenters. The van der Waals surface area contributed by atoms with Crippen molar-refractivity contribution in [1.29, 1.82) is 0 Å². The average Bonchev–Trinajstić information content (AvgIpc) is 2.00. The number of halogens is 1. The Morgan fingerprint density at radius 1 is 1.00 bits per heavy atom. The van der Waals surface area contributed by atoms with E-state index in [1.165, 1.54) is 0 Å². The van der Waals surface area contributed by atoms with Crippen LogP contribution in [0.25, 0.3) is 5.73 Å². The van der Waals surface area contributed by atoms with E-state index in [0.717, 1.165) is 6.16 Å². The summed E-state index contributed by atoms with van der Waals surface area (Å²) in [6.07, 6.45) is 1.12. The molecular weight excluding hydrogens is 314 g/mol. The van der Waals surface area contributed by atoms with Gasteiger partial charge in [-0.3, -0.25) is 0 Å². The fourth-order valence-electron chi connectivity index (χ4n) is 2.00. The van der Waals surface area contributed by atoms with Crippen molar-refractivity contribution in [3.05, 3.63) is 13.2 Å². The van der Waals surface area contributed by atoms with Crippen molar-refractivity contribution in [2.24, 2.45) is 0 Å². The van der Waals surface area contributed by atoms with Crippen molar-refractivity contribution in [2.75, 3.05) is 12.7 Å². The monoisotopic (exact) mass is 341 g/mol. The van der Waals surface area contributed by atoms with Crippen LogP contribution < -0.4 is 0 Å². The van der Waals surface area contributed by atoms with Gasteiger partial charge in [0.2, 0.25) is 0 Å². The van der Waals surface area contributed by atoms with Crippen molar-refractivity contribution in [3.63, 3.8) is 0 Å². The first kappa shape index (κ1) is 21.6. The van der Waals surface area contributed by atoms with Crippen LogP contribution in [0.4, 0.5) is 0 Å². The summed E-state index contributed by atoms with van der Waals surface area (Å²) >= 11 is 1.82. The molecule has 0 saturated carbocycles. The quantitative estimate of drug-likeness (QED) is 0.384. The molecule has 1 N–H and O–H groups in total. The molecule has 15 heavy (non-hydrogen) atoms. The van der Waals surface area contributed by atoms with E-state index in [1.54, 1.807) is 0 Å². The summed E-state index contributed by atoms with van der Waals surface area (Å²) in [7, 11) is 4.15. The van der Waals surface area contributed by atoms with Gasteiger partial charge in [0.1, 0.15) is 0 Å². The van der Waals surface area contributed by atoms with Crippen LogP contribution in [0.1, 0.15) is 41.5 Å². The van der Waals surface area contributed by atoms with Crippen molar-refractivity contribution >= 4 is 17.6 Å². The van der Waals surface area contributed by atoms with Crippen LogP contribution in [0.15, 0.2) is 0 Å². The minimum atomic E-state index is -0.414. The van der Waals surface area contributed by atoms with Gasteiger partial charge < -0.3 is 13.2 Å². The van der Waals surface area contributed by atoms with Gasteiger partial charge in [-0.1, -0.05) is 0 Å². The number of hydrogen-bond donors (Lipinski definition) is 0. The van der Waals surface area contributed by atoms with Crippen LogP contribution in [0.5, 0.6) is 0 Å². The Bertz CT molecular complexity index is 127. The second-order valence-corrected chi connectivity index (χ2v) is 9.94. The maximum atomic E-state index is 7.32. The van der Waals surface area contributed by atoms with Gasteiger partial charge >= 0.3 is 27.0 Å². The van der Waals surface area contributed by atoms with Crippen LogP contribution in [-0.2, 0) is 17.3 Å². The molecule has 4 heteroatoms. The molecule has 0 aromatic heterocycles. The molecule has 0 aliphatic carbocycles. The third-order valence-electron chi connectivity index (χ3n) is 2.19. The number of nitrogens with one attached hydrogen (secondary N) is 1. The minimum absolute atomic E-state index is 0. The van der Waals surface area contributed by atoms with E-state index in [0.29, 0.717) is 16.9 Å². The van der Waals surface area contributed by atoms with E-state index in [4.69, 9.17) is 5.73 Å². The summed E-state index contributed by atoms with van der Waals surface area (Å²) in [5.74, 6) is 0. The zero-order valence-corrected chi connectivity index (χ0v) is 14.6. The van der Waals surface area contributed by atoms with Crippen LogP contribution in [-0.4, -0.2) is 23.0 Å². The van der Waals surface area contributed by atoms with Crippen LogP contribution in [0.3, 0.4) is 0 Å². The molecule has 0 rings (SSSR count). The van der Waals surface area contributed by atoms with Gasteiger partial charge in [0.15, 0.2) is 0 Å². The zero-order valence-electron chi connectivity index (χ0n) is 11.1. The molecule has 0 fully saturated rings. The average molecular weight is 341 g/mol. The molecule has 0 aromatic carbocycles. The van der Waals surface area contributed by atoms with E-state index in [1.807, 2.05) is 17.3 Å². The van der Waals surface area contributed by atoms with Crippen LogP contribution in [0.2, 0.25) is 0 Å². The molecule has 1 nitrogen and oxygen atoms in total. The van der Waals surface area contributed by atoms with Crippen molar-refractivity contribution < 1.29 is 17.3 Å². The van der Waals surface area contributed by atoms with Crippen LogP contribution >= 0.6 is 17.6 Å². The summed E-state index contributed by atoms with van der Waals surface area (Å²) in [4.78, 5) is 0. The van der Waals surface area contributed by atoms with Crippen molar-refractivity contribution in [3.8, 4) is 0 Å². The summed E-state index contributed by atoms with van der Waals surface area (Å²) in [6, 6.07) is 0. The predicted molar refractivity (Wildman–Crippen MR) is 74.1 cm³/mol. The van der Waals surface area contributed by atoms with Crippen molar-refractivity contribution in [2.45, 2.75) is 51.9 Å². The summed E-state index contributed by atoms with van der Waals surface area (Å²) < 4.78 is 0. The second kappa shape index (κ2) is 9.35. The SMILES string of the molecule is CC(C)(C)[PH+](CC[NH-])C(C)(C)C.[CH3-].[Cl][Ru+2]. The molecule has 0 unspecified atom stereocenters. The van der Waals surface area contributed by atoms with Gasteiger partial charge in [0, 0.05) is 14.1 Å². The molecule has 0 aliphatic rings. The second-order valence-electron chi connectivity index (χ2n) is 5.48. The standard InChI is InChI=1S/C10H23NP.CH3.ClH.Ru/c1-9(2,3)12(8-7-11)10(4,5)6;;;/h11H,7-8H2,1-6H3;1H3;1H;/q2*-1;;+3. The predicted octanol–water partition coefficient (Wildman–Crippen LogP) is 4.99. The first-order chi connectivity index (χ1) is 6.19. The van der Waals surface area contributed by atoms with Gasteiger partial charge in [0.25, 0.3) is 0 Å². The molecule has 95 valence electrons. The molecule has 0 aromatic rings. The van der Waals surface area contributed by atoms with E-state index in [9.17, 15) is 0 Å². The summed E-state index contributed by atoms with van der Waals surface area (Å²) in [5.41, 5.74) is 7.32. The molecule has 0 aliphatic heterocycles. The molecule has 0 spiro atoms. The fourth-order valence-corrected chi connectivity index (χ4v) is 6.00. The molecular formula is C11H27ClNPRu+. The molecule has 0 heterocycles. The number of rotatable bonds is 2. The number of hydrogen-bond acceptors (Lipinski definition) is 0. The van der Waals surface area contributed by atoms with Gasteiger partial charge in [-0.25, -0.2) is 0 Å². The van der Waals surface area contributed by atoms with Gasteiger partial charge in [0.05, 0.1) is 10.3 Å². The first-order valence-electron chi connectivity index (χ1n) is 4.84. The third kappa shape index (κ3) is 10.2. The fraction of sp³-hybridized carbons (Fsp3) is 0.909. The van der Waals surface area contributed by atoms with Gasteiger partial charge in [-0.2, -0.15) is 0 Å². The van der Waals surface area contributed by atoms with Crippen LogP contribution in [0, 0.1) is 7.43 Å². The topological polar surface area (TPSA) is 23.8 Å². The van der Waals surface area contributed by atoms with E-state index in [-0.39, 0.29) is 7.43 Å². The van der Waals surface area contributed by atoms with Gasteiger partial charge in [-0.05, 0) is 41.5 Å². The molecule has 0 radical (unpaired) electrons. The van der Waals surface area contributed by atoms with E-state index < -0.39 is 7.92 Å². The Kier molecular flexibility index (Phi) is 13.4. The van der Waals surface area contributed by atoms with Gasteiger partial charge in [-0.15, -0.1) is 6.54 Å². The van der Waals surface area contributed by atoms with E-state index in [2.05, 4.69) is 51.2 Å². The molecule has 0 amide bonds. The molecule has 0 saturated heterocycles. The zero-order chi connectivity index (χ0) is 12.0. The normalized spacial score (nSPS) is 11.5. The Labute approximate surface area is 112 Å². The Morgan fingerprint density at radius 3 is 1.33 bits per heavy atom. The summed E-state index contributed by atoms with van der Waals surface area (Å²) in [5, 5.41) is 0.869. The maximum absolute atomic E-state index is 7.32. The first-order valence-corrected chi connectivity index (χ1v) is 8.79. The third-order valence-corrected chi connectivity index (χ3v) is 6.56. The molecule has 0 bridgehead atoms. The summed E-state index contributed by atoms with van der Waals surface area (Å²) in [6.45, 7) is 14.5. The Hall–Kier alpha value is 1.30. The Morgan fingerprint density at radius 2 is 1.27 bits per heavy atom. The van der Waals surface area contributed by atoms with E-state index >= 15 is 0 Å². The van der Waals surface area contributed by atoms with Crippen molar-refractivity contribution in [1.82, 2.24) is 0 Å². The Balaban J connectivity index is -0.000000449.